The van der Waals surface area contributed by atoms with Gasteiger partial charge in [-0.1, -0.05) is 32.9 Å². The van der Waals surface area contributed by atoms with E-state index in [1.54, 1.807) is 31.2 Å². The van der Waals surface area contributed by atoms with E-state index in [-0.39, 0.29) is 28.3 Å². The summed E-state index contributed by atoms with van der Waals surface area (Å²) in [5, 5.41) is 6.18. The van der Waals surface area contributed by atoms with Crippen molar-refractivity contribution in [2.24, 2.45) is 0 Å². The van der Waals surface area contributed by atoms with Crippen LogP contribution in [0.4, 0.5) is 5.82 Å². The molecule has 1 heterocycles. The van der Waals surface area contributed by atoms with Crippen molar-refractivity contribution in [2.75, 3.05) is 11.3 Å². The molecule has 0 spiro atoms. The number of carbonyl (C=O) groups is 1. The summed E-state index contributed by atoms with van der Waals surface area (Å²) in [6.45, 7) is 8.14. The minimum absolute atomic E-state index is 0.0172. The third kappa shape index (κ3) is 4.19. The molecule has 2 N–H and O–H groups in total. The van der Waals surface area contributed by atoms with Gasteiger partial charge in [0, 0.05) is 0 Å². The second kappa shape index (κ2) is 7.26. The zero-order valence-corrected chi connectivity index (χ0v) is 15.6. The molecule has 0 fully saturated rings. The van der Waals surface area contributed by atoms with E-state index in [0.717, 1.165) is 12.0 Å². The van der Waals surface area contributed by atoms with E-state index >= 15 is 0 Å². The van der Waals surface area contributed by atoms with Crippen molar-refractivity contribution >= 4 is 21.8 Å². The Morgan fingerprint density at radius 3 is 2.44 bits per heavy atom. The number of H-pyrrole nitrogens is 1. The van der Waals surface area contributed by atoms with Crippen molar-refractivity contribution in [3.8, 4) is 0 Å². The van der Waals surface area contributed by atoms with Gasteiger partial charge in [-0.05, 0) is 36.5 Å². The minimum atomic E-state index is -3.85. The zero-order chi connectivity index (χ0) is 18.7. The fourth-order valence-electron chi connectivity index (χ4n) is 2.21. The Bertz CT molecular complexity index is 839. The fraction of sp³-hybridized carbons (Fsp3) is 0.412. The monoisotopic (exact) mass is 365 g/mol. The molecule has 2 aromatic rings. The number of aromatic nitrogens is 2. The smallest absolute Gasteiger partial charge is 0.343 e. The number of sulfonamides is 1. The van der Waals surface area contributed by atoms with E-state index in [4.69, 9.17) is 4.74 Å². The molecule has 2 rings (SSSR count). The molecule has 0 aliphatic rings. The first-order valence-electron chi connectivity index (χ1n) is 8.05. The van der Waals surface area contributed by atoms with Gasteiger partial charge < -0.3 is 4.74 Å². The van der Waals surface area contributed by atoms with Crippen molar-refractivity contribution in [1.29, 1.82) is 0 Å². The number of hydrogen-bond donors (Lipinski definition) is 2. The van der Waals surface area contributed by atoms with Gasteiger partial charge in [-0.15, -0.1) is 0 Å². The predicted octanol–water partition coefficient (Wildman–Crippen LogP) is 3.07. The number of carbonyl (C=O) groups excluding carboxylic acids is 1. The number of ether oxygens (including phenoxy) is 1. The van der Waals surface area contributed by atoms with Crippen molar-refractivity contribution in [3.05, 3.63) is 41.6 Å². The standard InChI is InChI=1S/C17H23N3O4S/c1-5-17(3,4)12-7-9-13(10-8-12)25(22,23)20-15-14(11-18-19-15)16(21)24-6-2/h7-11H,5-6H2,1-4H3,(H2,18,19,20). The van der Waals surface area contributed by atoms with E-state index in [1.165, 1.54) is 6.20 Å². The van der Waals surface area contributed by atoms with Crippen LogP contribution < -0.4 is 4.72 Å². The van der Waals surface area contributed by atoms with E-state index in [1.807, 2.05) is 0 Å². The van der Waals surface area contributed by atoms with Crippen LogP contribution in [0, 0.1) is 0 Å². The van der Waals surface area contributed by atoms with Crippen LogP contribution in [0.15, 0.2) is 35.4 Å². The predicted molar refractivity (Wildman–Crippen MR) is 95.1 cm³/mol. The summed E-state index contributed by atoms with van der Waals surface area (Å²) in [5.41, 5.74) is 1.06. The number of benzene rings is 1. The van der Waals surface area contributed by atoms with E-state index in [0.29, 0.717) is 0 Å². The molecular formula is C17H23N3O4S. The van der Waals surface area contributed by atoms with Crippen LogP contribution in [0.3, 0.4) is 0 Å². The van der Waals surface area contributed by atoms with Gasteiger partial charge in [0.2, 0.25) is 0 Å². The number of hydrogen-bond acceptors (Lipinski definition) is 5. The molecule has 136 valence electrons. The highest BCUT2D eigenvalue weighted by Crippen LogP contribution is 2.28. The largest absolute Gasteiger partial charge is 0.462 e. The van der Waals surface area contributed by atoms with Gasteiger partial charge in [0.15, 0.2) is 0 Å². The molecule has 0 saturated carbocycles. The van der Waals surface area contributed by atoms with Gasteiger partial charge in [0.05, 0.1) is 17.7 Å². The van der Waals surface area contributed by atoms with Gasteiger partial charge in [-0.25, -0.2) is 13.2 Å². The Balaban J connectivity index is 2.26. The first kappa shape index (κ1) is 19.0. The minimum Gasteiger partial charge on any atom is -0.462 e. The van der Waals surface area contributed by atoms with Crippen molar-refractivity contribution in [2.45, 2.75) is 44.4 Å². The molecule has 8 heteroatoms. The lowest BCUT2D eigenvalue weighted by atomic mass is 9.82. The molecule has 0 aliphatic carbocycles. The van der Waals surface area contributed by atoms with Crippen molar-refractivity contribution < 1.29 is 17.9 Å². The number of rotatable bonds is 7. The Kier molecular flexibility index (Phi) is 5.52. The van der Waals surface area contributed by atoms with Crippen LogP contribution in [0.1, 0.15) is 50.0 Å². The molecule has 1 aromatic heterocycles. The number of esters is 1. The highest BCUT2D eigenvalue weighted by atomic mass is 32.2. The maximum atomic E-state index is 12.6. The summed E-state index contributed by atoms with van der Waals surface area (Å²) in [7, 11) is -3.85. The van der Waals surface area contributed by atoms with Gasteiger partial charge in [0.25, 0.3) is 10.0 Å². The van der Waals surface area contributed by atoms with E-state index < -0.39 is 16.0 Å². The molecule has 0 bridgehead atoms. The number of aromatic amines is 1. The van der Waals surface area contributed by atoms with Crippen molar-refractivity contribution in [3.63, 3.8) is 0 Å². The van der Waals surface area contributed by atoms with Crippen LogP contribution in [0.5, 0.6) is 0 Å². The van der Waals surface area contributed by atoms with Gasteiger partial charge in [-0.3, -0.25) is 9.82 Å². The first-order valence-corrected chi connectivity index (χ1v) is 9.53. The Labute approximate surface area is 147 Å². The Morgan fingerprint density at radius 2 is 1.88 bits per heavy atom. The van der Waals surface area contributed by atoms with E-state index in [2.05, 4.69) is 35.7 Å². The van der Waals surface area contributed by atoms with Crippen LogP contribution in [-0.2, 0) is 20.2 Å². The zero-order valence-electron chi connectivity index (χ0n) is 14.8. The summed E-state index contributed by atoms with van der Waals surface area (Å²) in [6, 6.07) is 6.71. The normalized spacial score (nSPS) is 12.0. The van der Waals surface area contributed by atoms with Crippen LogP contribution in [0.25, 0.3) is 0 Å². The van der Waals surface area contributed by atoms with Gasteiger partial charge in [0.1, 0.15) is 11.4 Å². The lowest BCUT2D eigenvalue weighted by molar-refractivity contribution is 0.0527. The quantitative estimate of drug-likeness (QED) is 0.734. The molecule has 0 saturated heterocycles. The highest BCUT2D eigenvalue weighted by molar-refractivity contribution is 7.92. The summed E-state index contributed by atoms with van der Waals surface area (Å²) >= 11 is 0. The Hall–Kier alpha value is -2.35. The highest BCUT2D eigenvalue weighted by Gasteiger charge is 2.23. The molecule has 0 radical (unpaired) electrons. The summed E-state index contributed by atoms with van der Waals surface area (Å²) in [6.07, 6.45) is 2.16. The molecule has 0 atom stereocenters. The number of nitrogens with one attached hydrogen (secondary N) is 2. The molecule has 25 heavy (non-hydrogen) atoms. The summed E-state index contributed by atoms with van der Waals surface area (Å²) < 4.78 is 32.3. The van der Waals surface area contributed by atoms with Crippen LogP contribution in [0.2, 0.25) is 0 Å². The maximum Gasteiger partial charge on any atom is 0.343 e. The number of anilines is 1. The fourth-order valence-corrected chi connectivity index (χ4v) is 3.25. The van der Waals surface area contributed by atoms with Crippen molar-refractivity contribution in [1.82, 2.24) is 10.2 Å². The SMILES string of the molecule is CCOC(=O)c1cn[nH]c1NS(=O)(=O)c1ccc(C(C)(C)CC)cc1. The molecular weight excluding hydrogens is 342 g/mol. The van der Waals surface area contributed by atoms with Gasteiger partial charge >= 0.3 is 5.97 Å². The lowest BCUT2D eigenvalue weighted by Gasteiger charge is -2.23. The Morgan fingerprint density at radius 1 is 1.24 bits per heavy atom. The van der Waals surface area contributed by atoms with E-state index in [9.17, 15) is 13.2 Å². The van der Waals surface area contributed by atoms with Gasteiger partial charge in [-0.2, -0.15) is 5.10 Å². The summed E-state index contributed by atoms with van der Waals surface area (Å²) in [4.78, 5) is 11.9. The van der Waals surface area contributed by atoms with Crippen LogP contribution >= 0.6 is 0 Å². The lowest BCUT2D eigenvalue weighted by Crippen LogP contribution is -2.18. The molecule has 0 aliphatic heterocycles. The topological polar surface area (TPSA) is 101 Å². The summed E-state index contributed by atoms with van der Waals surface area (Å²) in [5.74, 6) is -0.662. The average molecular weight is 365 g/mol. The third-order valence-corrected chi connectivity index (χ3v) is 5.57. The second-order valence-corrected chi connectivity index (χ2v) is 7.93. The van der Waals surface area contributed by atoms with Crippen LogP contribution in [-0.4, -0.2) is 31.2 Å². The first-order chi connectivity index (χ1) is 11.7. The molecule has 7 nitrogen and oxygen atoms in total. The second-order valence-electron chi connectivity index (χ2n) is 6.25. The number of nitrogens with zero attached hydrogens (tertiary/aromatic N) is 1. The third-order valence-electron chi connectivity index (χ3n) is 4.20. The molecule has 0 unspecified atom stereocenters. The molecule has 0 amide bonds. The maximum absolute atomic E-state index is 12.6. The molecule has 1 aromatic carbocycles. The average Bonchev–Trinajstić information content (AvgIpc) is 3.02.